The van der Waals surface area contributed by atoms with Crippen molar-refractivity contribution in [3.63, 3.8) is 0 Å². The maximum absolute atomic E-state index is 10.8. The summed E-state index contributed by atoms with van der Waals surface area (Å²) in [6.07, 6.45) is 3.93. The average Bonchev–Trinajstić information content (AvgIpc) is 2.87. The molecule has 0 radical (unpaired) electrons. The molecule has 21 heavy (non-hydrogen) atoms. The molecule has 0 bridgehead atoms. The van der Waals surface area contributed by atoms with Crippen LogP contribution in [0.2, 0.25) is 0 Å². The summed E-state index contributed by atoms with van der Waals surface area (Å²) in [7, 11) is 0. The minimum Gasteiger partial charge on any atom is -0.258 e. The maximum Gasteiger partial charge on any atom is 0.270 e. The monoisotopic (exact) mass is 296 g/mol. The summed E-state index contributed by atoms with van der Waals surface area (Å²) in [6.45, 7) is 2.05. The second-order valence-electron chi connectivity index (χ2n) is 4.71. The molecule has 0 saturated heterocycles. The van der Waals surface area contributed by atoms with Crippen LogP contribution in [0, 0.1) is 17.0 Å². The van der Waals surface area contributed by atoms with E-state index in [9.17, 15) is 10.1 Å². The van der Waals surface area contributed by atoms with Crippen molar-refractivity contribution in [3.8, 4) is 0 Å². The fraction of sp³-hybridized carbons (Fsp3) is 0.0625. The Hall–Kier alpha value is -2.53. The minimum absolute atomic E-state index is 0.0976. The summed E-state index contributed by atoms with van der Waals surface area (Å²) < 4.78 is 0.827. The van der Waals surface area contributed by atoms with Crippen LogP contribution >= 0.6 is 11.3 Å². The number of nitro benzene ring substituents is 1. The van der Waals surface area contributed by atoms with Gasteiger partial charge in [-0.25, -0.2) is 4.98 Å². The van der Waals surface area contributed by atoms with E-state index in [4.69, 9.17) is 0 Å². The van der Waals surface area contributed by atoms with Crippen molar-refractivity contribution in [2.75, 3.05) is 0 Å². The number of aryl methyl sites for hydroxylation is 1. The van der Waals surface area contributed by atoms with E-state index in [0.717, 1.165) is 20.8 Å². The molecule has 0 aliphatic heterocycles. The van der Waals surface area contributed by atoms with E-state index in [1.807, 2.05) is 37.3 Å². The summed E-state index contributed by atoms with van der Waals surface area (Å²) in [5.74, 6) is 0. The number of aromatic nitrogens is 1. The maximum atomic E-state index is 10.8. The van der Waals surface area contributed by atoms with E-state index < -0.39 is 0 Å². The van der Waals surface area contributed by atoms with Crippen LogP contribution in [0.3, 0.4) is 0 Å². The summed E-state index contributed by atoms with van der Waals surface area (Å²) in [5.41, 5.74) is 3.20. The standard InChI is InChI=1S/C16H12N2O2S/c1-11-3-2-4-12(9-11)5-8-16-17-14-7-6-13(18(19)20)10-15(14)21-16/h2-10H,1H3. The molecule has 5 heteroatoms. The fourth-order valence-corrected chi connectivity index (χ4v) is 2.96. The Morgan fingerprint density at radius 1 is 1.19 bits per heavy atom. The Morgan fingerprint density at radius 2 is 2.05 bits per heavy atom. The van der Waals surface area contributed by atoms with Crippen LogP contribution < -0.4 is 0 Å². The minimum atomic E-state index is -0.387. The highest BCUT2D eigenvalue weighted by Gasteiger charge is 2.09. The summed E-state index contributed by atoms with van der Waals surface area (Å²) >= 11 is 1.45. The molecule has 0 amide bonds. The first-order valence-corrected chi connectivity index (χ1v) is 7.23. The summed E-state index contributed by atoms with van der Waals surface area (Å²) in [6, 6.07) is 12.9. The predicted molar refractivity (Wildman–Crippen MR) is 86.4 cm³/mol. The van der Waals surface area contributed by atoms with Gasteiger partial charge in [-0.2, -0.15) is 0 Å². The first-order valence-electron chi connectivity index (χ1n) is 6.41. The first kappa shape index (κ1) is 13.5. The summed E-state index contributed by atoms with van der Waals surface area (Å²) in [4.78, 5) is 14.8. The molecule has 3 rings (SSSR count). The zero-order valence-corrected chi connectivity index (χ0v) is 12.1. The van der Waals surface area contributed by atoms with Gasteiger partial charge in [0, 0.05) is 12.1 Å². The van der Waals surface area contributed by atoms with Gasteiger partial charge in [0.2, 0.25) is 0 Å². The van der Waals surface area contributed by atoms with Crippen molar-refractivity contribution in [3.05, 3.63) is 68.7 Å². The van der Waals surface area contributed by atoms with Crippen LogP contribution in [0.25, 0.3) is 22.4 Å². The van der Waals surface area contributed by atoms with Gasteiger partial charge in [0.15, 0.2) is 0 Å². The van der Waals surface area contributed by atoms with E-state index in [1.165, 1.54) is 23.0 Å². The lowest BCUT2D eigenvalue weighted by atomic mass is 10.1. The van der Waals surface area contributed by atoms with E-state index in [0.29, 0.717) is 0 Å². The van der Waals surface area contributed by atoms with Gasteiger partial charge < -0.3 is 0 Å². The average molecular weight is 296 g/mol. The Balaban J connectivity index is 1.92. The van der Waals surface area contributed by atoms with Gasteiger partial charge in [-0.15, -0.1) is 11.3 Å². The molecule has 0 unspecified atom stereocenters. The van der Waals surface area contributed by atoms with Crippen molar-refractivity contribution in [1.82, 2.24) is 4.98 Å². The van der Waals surface area contributed by atoms with Crippen molar-refractivity contribution in [1.29, 1.82) is 0 Å². The second-order valence-corrected chi connectivity index (χ2v) is 5.77. The number of nitrogens with zero attached hydrogens (tertiary/aromatic N) is 2. The Morgan fingerprint density at radius 3 is 2.81 bits per heavy atom. The third-order valence-corrected chi connectivity index (χ3v) is 4.04. The third-order valence-electron chi connectivity index (χ3n) is 3.06. The first-order chi connectivity index (χ1) is 10.1. The number of hydrogen-bond donors (Lipinski definition) is 0. The molecule has 0 aliphatic carbocycles. The number of hydrogen-bond acceptors (Lipinski definition) is 4. The number of benzene rings is 2. The highest BCUT2D eigenvalue weighted by molar-refractivity contribution is 7.19. The molecular weight excluding hydrogens is 284 g/mol. The number of non-ortho nitro benzene ring substituents is 1. The van der Waals surface area contributed by atoms with Gasteiger partial charge in [-0.05, 0) is 24.6 Å². The molecule has 0 atom stereocenters. The van der Waals surface area contributed by atoms with Crippen LogP contribution in [-0.4, -0.2) is 9.91 Å². The van der Waals surface area contributed by atoms with Crippen LogP contribution in [0.1, 0.15) is 16.1 Å². The quantitative estimate of drug-likeness (QED) is 0.520. The number of nitro groups is 1. The lowest BCUT2D eigenvalue weighted by Gasteiger charge is -1.94. The lowest BCUT2D eigenvalue weighted by molar-refractivity contribution is -0.384. The van der Waals surface area contributed by atoms with Gasteiger partial charge in [-0.1, -0.05) is 35.9 Å². The predicted octanol–water partition coefficient (Wildman–Crippen LogP) is 4.68. The van der Waals surface area contributed by atoms with E-state index in [-0.39, 0.29) is 10.6 Å². The van der Waals surface area contributed by atoms with Gasteiger partial charge in [0.05, 0.1) is 15.1 Å². The Kier molecular flexibility index (Phi) is 3.50. The van der Waals surface area contributed by atoms with Crippen LogP contribution in [0.4, 0.5) is 5.69 Å². The third kappa shape index (κ3) is 2.98. The fourth-order valence-electron chi connectivity index (χ4n) is 2.06. The second kappa shape index (κ2) is 5.46. The van der Waals surface area contributed by atoms with Gasteiger partial charge in [-0.3, -0.25) is 10.1 Å². The van der Waals surface area contributed by atoms with Gasteiger partial charge in [0.1, 0.15) is 5.01 Å². The molecule has 0 aliphatic rings. The molecule has 3 aromatic rings. The smallest absolute Gasteiger partial charge is 0.258 e. The highest BCUT2D eigenvalue weighted by atomic mass is 32.1. The molecule has 0 fully saturated rings. The van der Waals surface area contributed by atoms with Crippen LogP contribution in [0.15, 0.2) is 42.5 Å². The largest absolute Gasteiger partial charge is 0.270 e. The van der Waals surface area contributed by atoms with Crippen molar-refractivity contribution >= 4 is 39.4 Å². The van der Waals surface area contributed by atoms with Crippen molar-refractivity contribution in [2.24, 2.45) is 0 Å². The summed E-state index contributed by atoms with van der Waals surface area (Å²) in [5, 5.41) is 11.6. The molecule has 104 valence electrons. The van der Waals surface area contributed by atoms with E-state index >= 15 is 0 Å². The van der Waals surface area contributed by atoms with Crippen LogP contribution in [-0.2, 0) is 0 Å². The molecule has 0 saturated carbocycles. The van der Waals surface area contributed by atoms with Crippen molar-refractivity contribution < 1.29 is 4.92 Å². The molecule has 2 aromatic carbocycles. The normalized spacial score (nSPS) is 11.3. The van der Waals surface area contributed by atoms with Crippen LogP contribution in [0.5, 0.6) is 0 Å². The number of thiazole rings is 1. The molecule has 0 N–H and O–H groups in total. The zero-order chi connectivity index (χ0) is 14.8. The lowest BCUT2D eigenvalue weighted by Crippen LogP contribution is -1.85. The Bertz CT molecular complexity index is 852. The van der Waals surface area contributed by atoms with Gasteiger partial charge >= 0.3 is 0 Å². The van der Waals surface area contributed by atoms with E-state index in [2.05, 4.69) is 11.1 Å². The molecule has 0 spiro atoms. The molecule has 1 heterocycles. The zero-order valence-electron chi connectivity index (χ0n) is 11.3. The SMILES string of the molecule is Cc1cccc(C=Cc2nc3ccc([N+](=O)[O-])cc3s2)c1. The van der Waals surface area contributed by atoms with Crippen molar-refractivity contribution in [2.45, 2.75) is 6.92 Å². The molecule has 4 nitrogen and oxygen atoms in total. The molecular formula is C16H12N2O2S. The highest BCUT2D eigenvalue weighted by Crippen LogP contribution is 2.27. The van der Waals surface area contributed by atoms with E-state index in [1.54, 1.807) is 12.1 Å². The number of rotatable bonds is 3. The number of fused-ring (bicyclic) bond motifs is 1. The van der Waals surface area contributed by atoms with Gasteiger partial charge in [0.25, 0.3) is 5.69 Å². The Labute approximate surface area is 125 Å². The topological polar surface area (TPSA) is 56.0 Å². The molecule has 1 aromatic heterocycles.